The molecule has 0 amide bonds. The van der Waals surface area contributed by atoms with Gasteiger partial charge in [0.15, 0.2) is 0 Å². The van der Waals surface area contributed by atoms with Crippen LogP contribution in [0.4, 0.5) is 0 Å². The van der Waals surface area contributed by atoms with Crippen LogP contribution in [0.3, 0.4) is 0 Å². The number of hydrogen-bond donors (Lipinski definition) is 0. The summed E-state index contributed by atoms with van der Waals surface area (Å²) in [5.41, 5.74) is -0.525. The molecule has 0 aromatic rings. The number of fused-ring (bicyclic) bond motifs is 1. The number of rotatable bonds is 0. The molecule has 0 aromatic heterocycles. The molecule has 14 heavy (non-hydrogen) atoms. The monoisotopic (exact) mass is 194 g/mol. The van der Waals surface area contributed by atoms with E-state index in [2.05, 4.69) is 0 Å². The van der Waals surface area contributed by atoms with E-state index in [1.54, 1.807) is 0 Å². The van der Waals surface area contributed by atoms with Crippen LogP contribution in [0.25, 0.3) is 0 Å². The topological polar surface area (TPSA) is 34.1 Å². The minimum Gasteiger partial charge on any atom is -0.298 e. The molecule has 2 nitrogen and oxygen atoms in total. The van der Waals surface area contributed by atoms with Crippen molar-refractivity contribution < 1.29 is 9.59 Å². The van der Waals surface area contributed by atoms with E-state index in [1.165, 1.54) is 0 Å². The fraction of sp³-hybridized carbons (Fsp3) is 0.833. The molecule has 78 valence electrons. The number of ketones is 2. The Kier molecular flexibility index (Phi) is 1.74. The van der Waals surface area contributed by atoms with Crippen LogP contribution in [0.5, 0.6) is 0 Å². The summed E-state index contributed by atoms with van der Waals surface area (Å²) in [5.74, 6) is 0.399. The van der Waals surface area contributed by atoms with Gasteiger partial charge >= 0.3 is 0 Å². The van der Waals surface area contributed by atoms with Gasteiger partial charge in [-0.15, -0.1) is 0 Å². The summed E-state index contributed by atoms with van der Waals surface area (Å²) in [7, 11) is 0. The second-order valence-electron chi connectivity index (χ2n) is 6.14. The van der Waals surface area contributed by atoms with Gasteiger partial charge in [0.1, 0.15) is 11.6 Å². The lowest BCUT2D eigenvalue weighted by molar-refractivity contribution is -0.136. The number of hydrogen-bond acceptors (Lipinski definition) is 2. The average Bonchev–Trinajstić information content (AvgIpc) is 2.32. The Morgan fingerprint density at radius 1 is 0.929 bits per heavy atom. The predicted molar refractivity (Wildman–Crippen MR) is 53.8 cm³/mol. The highest BCUT2D eigenvalue weighted by Gasteiger charge is 2.58. The first-order chi connectivity index (χ1) is 6.26. The minimum absolute atomic E-state index is 0.179. The lowest BCUT2D eigenvalue weighted by Crippen LogP contribution is -2.31. The normalized spacial score (nSPS) is 38.9. The molecule has 2 aliphatic carbocycles. The molecule has 0 spiro atoms. The molecule has 0 N–H and O–H groups in total. The molecule has 2 fully saturated rings. The second-order valence-corrected chi connectivity index (χ2v) is 6.14. The van der Waals surface area contributed by atoms with Gasteiger partial charge in [-0.25, -0.2) is 0 Å². The highest BCUT2D eigenvalue weighted by atomic mass is 16.2. The molecule has 2 aliphatic rings. The maximum Gasteiger partial charge on any atom is 0.149 e. The Morgan fingerprint density at radius 2 is 1.29 bits per heavy atom. The minimum atomic E-state index is -0.278. The first-order valence-corrected chi connectivity index (χ1v) is 5.34. The summed E-state index contributed by atoms with van der Waals surface area (Å²) in [4.78, 5) is 24.0. The fourth-order valence-electron chi connectivity index (χ4n) is 3.21. The summed E-state index contributed by atoms with van der Waals surface area (Å²) in [6.45, 7) is 7.86. The summed E-state index contributed by atoms with van der Waals surface area (Å²) in [6.07, 6.45) is 1.79. The maximum absolute atomic E-state index is 12.0. The van der Waals surface area contributed by atoms with Crippen LogP contribution >= 0.6 is 0 Å². The molecule has 0 aliphatic heterocycles. The summed E-state index contributed by atoms with van der Waals surface area (Å²) in [6, 6.07) is 0. The Labute approximate surface area is 85.1 Å². The molecule has 0 aromatic carbocycles. The molecule has 2 rings (SSSR count). The van der Waals surface area contributed by atoms with E-state index >= 15 is 0 Å². The van der Waals surface area contributed by atoms with Crippen molar-refractivity contribution >= 4 is 11.6 Å². The summed E-state index contributed by atoms with van der Waals surface area (Å²) >= 11 is 0. The van der Waals surface area contributed by atoms with Crippen molar-refractivity contribution in [2.45, 2.75) is 40.5 Å². The Hall–Kier alpha value is -0.660. The Morgan fingerprint density at radius 3 is 1.57 bits per heavy atom. The van der Waals surface area contributed by atoms with E-state index < -0.39 is 0 Å². The molecule has 2 saturated carbocycles. The quantitative estimate of drug-likeness (QED) is 0.554. The first-order valence-electron chi connectivity index (χ1n) is 5.34. The summed E-state index contributed by atoms with van der Waals surface area (Å²) in [5, 5.41) is 0. The first kappa shape index (κ1) is 9.88. The maximum atomic E-state index is 12.0. The van der Waals surface area contributed by atoms with Crippen LogP contribution < -0.4 is 0 Å². The summed E-state index contributed by atoms with van der Waals surface area (Å²) < 4.78 is 0. The number of carbonyl (C=O) groups is 2. The third kappa shape index (κ3) is 1.09. The van der Waals surface area contributed by atoms with Crippen molar-refractivity contribution in [3.63, 3.8) is 0 Å². The molecule has 0 unspecified atom stereocenters. The highest BCUT2D eigenvalue weighted by molar-refractivity contribution is 6.10. The van der Waals surface area contributed by atoms with Gasteiger partial charge in [-0.3, -0.25) is 9.59 Å². The smallest absolute Gasteiger partial charge is 0.149 e. The van der Waals surface area contributed by atoms with Gasteiger partial charge in [0.2, 0.25) is 0 Å². The zero-order chi connectivity index (χ0) is 10.7. The third-order valence-electron chi connectivity index (χ3n) is 3.92. The largest absolute Gasteiger partial charge is 0.298 e. The lowest BCUT2D eigenvalue weighted by atomic mass is 9.81. The van der Waals surface area contributed by atoms with Crippen LogP contribution in [0.1, 0.15) is 40.5 Å². The number of carbonyl (C=O) groups excluding carboxylic acids is 2. The van der Waals surface area contributed by atoms with Crippen molar-refractivity contribution in [2.75, 3.05) is 0 Å². The van der Waals surface area contributed by atoms with Crippen molar-refractivity contribution in [2.24, 2.45) is 22.7 Å². The van der Waals surface area contributed by atoms with Crippen LogP contribution in [-0.2, 0) is 9.59 Å². The zero-order valence-corrected chi connectivity index (χ0v) is 9.39. The number of Topliss-reactive ketones (excluding diaryl/α,β-unsaturated/α-hetero) is 2. The standard InChI is InChI=1S/C12H18O2/c1-11(2)5-7-6-12(3,4)10(14)8(7)9(11)13/h7-8H,5-6H2,1-4H3. The molecular weight excluding hydrogens is 176 g/mol. The van der Waals surface area contributed by atoms with Crippen LogP contribution in [-0.4, -0.2) is 11.6 Å². The van der Waals surface area contributed by atoms with E-state index in [9.17, 15) is 9.59 Å². The second kappa shape index (κ2) is 2.47. The van der Waals surface area contributed by atoms with Crippen molar-refractivity contribution in [3.05, 3.63) is 0 Å². The van der Waals surface area contributed by atoms with Gasteiger partial charge < -0.3 is 0 Å². The fourth-order valence-corrected chi connectivity index (χ4v) is 3.21. The van der Waals surface area contributed by atoms with Gasteiger partial charge in [-0.1, -0.05) is 27.7 Å². The molecule has 0 bridgehead atoms. The van der Waals surface area contributed by atoms with E-state index in [0.29, 0.717) is 5.92 Å². The highest BCUT2D eigenvalue weighted by Crippen LogP contribution is 2.54. The molecular formula is C12H18O2. The molecule has 0 heterocycles. The molecule has 0 radical (unpaired) electrons. The van der Waals surface area contributed by atoms with Crippen molar-refractivity contribution in [1.82, 2.24) is 0 Å². The van der Waals surface area contributed by atoms with Gasteiger partial charge in [0, 0.05) is 10.8 Å². The van der Waals surface area contributed by atoms with E-state index in [-0.39, 0.29) is 28.3 Å². The van der Waals surface area contributed by atoms with Gasteiger partial charge in [0.25, 0.3) is 0 Å². The van der Waals surface area contributed by atoms with E-state index in [1.807, 2.05) is 27.7 Å². The van der Waals surface area contributed by atoms with E-state index in [4.69, 9.17) is 0 Å². The van der Waals surface area contributed by atoms with Gasteiger partial charge in [-0.05, 0) is 18.8 Å². The van der Waals surface area contributed by atoms with Gasteiger partial charge in [-0.2, -0.15) is 0 Å². The Bertz CT molecular complexity index is 282. The average molecular weight is 194 g/mol. The van der Waals surface area contributed by atoms with Crippen LogP contribution in [0.2, 0.25) is 0 Å². The van der Waals surface area contributed by atoms with Gasteiger partial charge in [0.05, 0.1) is 5.92 Å². The Balaban J connectivity index is 2.35. The molecule has 0 atom stereocenters. The van der Waals surface area contributed by atoms with Crippen molar-refractivity contribution in [3.8, 4) is 0 Å². The zero-order valence-electron chi connectivity index (χ0n) is 9.39. The predicted octanol–water partition coefficient (Wildman–Crippen LogP) is 2.22. The van der Waals surface area contributed by atoms with Crippen molar-refractivity contribution in [1.29, 1.82) is 0 Å². The van der Waals surface area contributed by atoms with Crippen LogP contribution in [0.15, 0.2) is 0 Å². The molecule has 0 saturated heterocycles. The third-order valence-corrected chi connectivity index (χ3v) is 3.92. The van der Waals surface area contributed by atoms with Crippen LogP contribution in [0, 0.1) is 22.7 Å². The molecule has 2 heteroatoms. The lowest BCUT2D eigenvalue weighted by Gasteiger charge is -2.21. The van der Waals surface area contributed by atoms with E-state index in [0.717, 1.165) is 12.8 Å². The SMILES string of the molecule is CC1(C)CC2CC(C)(C)C(=O)C2C1=O.